The van der Waals surface area contributed by atoms with E-state index in [-0.39, 0.29) is 24.2 Å². The van der Waals surface area contributed by atoms with Crippen molar-refractivity contribution >= 4 is 47.4 Å². The van der Waals surface area contributed by atoms with E-state index in [9.17, 15) is 9.59 Å². The highest BCUT2D eigenvalue weighted by Gasteiger charge is 2.34. The molecule has 1 aromatic carbocycles. The highest BCUT2D eigenvalue weighted by Crippen LogP contribution is 2.25. The summed E-state index contributed by atoms with van der Waals surface area (Å²) >= 11 is 11.9. The smallest absolute Gasteiger partial charge is 0.254 e. The van der Waals surface area contributed by atoms with Crippen LogP contribution in [0, 0.1) is 0 Å². The average molecular weight is 395 g/mol. The summed E-state index contributed by atoms with van der Waals surface area (Å²) in [5, 5.41) is 6.67. The van der Waals surface area contributed by atoms with Crippen molar-refractivity contribution in [1.82, 2.24) is 15.5 Å². The van der Waals surface area contributed by atoms with Gasteiger partial charge in [-0.25, -0.2) is 0 Å². The van der Waals surface area contributed by atoms with Gasteiger partial charge in [-0.2, -0.15) is 0 Å². The van der Waals surface area contributed by atoms with Gasteiger partial charge in [-0.15, -0.1) is 12.4 Å². The fourth-order valence-corrected chi connectivity index (χ4v) is 2.97. The van der Waals surface area contributed by atoms with Crippen molar-refractivity contribution < 1.29 is 9.59 Å². The van der Waals surface area contributed by atoms with E-state index in [1.807, 2.05) is 7.05 Å². The third kappa shape index (κ3) is 5.24. The topological polar surface area (TPSA) is 61.4 Å². The Kier molecular flexibility index (Phi) is 8.84. The Bertz CT molecular complexity index is 584. The normalized spacial score (nSPS) is 16.6. The van der Waals surface area contributed by atoms with Crippen molar-refractivity contribution in [2.24, 2.45) is 0 Å². The maximum Gasteiger partial charge on any atom is 0.254 e. The predicted octanol–water partition coefficient (Wildman–Crippen LogP) is 2.75. The van der Waals surface area contributed by atoms with Crippen LogP contribution in [0.15, 0.2) is 18.2 Å². The van der Waals surface area contributed by atoms with Crippen LogP contribution in [0.1, 0.15) is 29.6 Å². The fourth-order valence-electron chi connectivity index (χ4n) is 2.67. The van der Waals surface area contributed by atoms with E-state index in [4.69, 9.17) is 23.2 Å². The second kappa shape index (κ2) is 10.1. The molecule has 2 rings (SSSR count). The van der Waals surface area contributed by atoms with Crippen molar-refractivity contribution in [1.29, 1.82) is 0 Å². The van der Waals surface area contributed by atoms with Gasteiger partial charge in [0.2, 0.25) is 5.91 Å². The summed E-state index contributed by atoms with van der Waals surface area (Å²) in [5.74, 6) is -0.275. The van der Waals surface area contributed by atoms with Gasteiger partial charge in [0.05, 0.1) is 10.0 Å². The maximum atomic E-state index is 12.6. The number of benzene rings is 1. The Balaban J connectivity index is 0.00000288. The number of carbonyl (C=O) groups is 2. The first-order valence-corrected chi connectivity index (χ1v) is 8.48. The molecule has 0 spiro atoms. The molecule has 1 atom stereocenters. The number of halogens is 3. The lowest BCUT2D eigenvalue weighted by atomic mass is 10.1. The molecule has 134 valence electrons. The van der Waals surface area contributed by atoms with Gasteiger partial charge >= 0.3 is 0 Å². The van der Waals surface area contributed by atoms with Crippen LogP contribution in [0.2, 0.25) is 10.0 Å². The molecule has 0 radical (unpaired) electrons. The van der Waals surface area contributed by atoms with Crippen molar-refractivity contribution in [3.05, 3.63) is 33.8 Å². The number of carbonyl (C=O) groups excluding carboxylic acids is 2. The van der Waals surface area contributed by atoms with Gasteiger partial charge in [-0.05, 0) is 51.1 Å². The van der Waals surface area contributed by atoms with Crippen LogP contribution in [0.3, 0.4) is 0 Å². The van der Waals surface area contributed by atoms with Gasteiger partial charge in [0, 0.05) is 18.7 Å². The molecule has 1 aliphatic rings. The zero-order valence-electron chi connectivity index (χ0n) is 13.5. The largest absolute Gasteiger partial charge is 0.354 e. The summed E-state index contributed by atoms with van der Waals surface area (Å²) in [6, 6.07) is 4.37. The summed E-state index contributed by atoms with van der Waals surface area (Å²) < 4.78 is 0. The number of hydrogen-bond donors (Lipinski definition) is 2. The molecule has 1 aliphatic heterocycles. The first-order chi connectivity index (χ1) is 11.0. The molecule has 0 aromatic heterocycles. The Morgan fingerprint density at radius 1 is 1.25 bits per heavy atom. The second-order valence-corrected chi connectivity index (χ2v) is 6.35. The van der Waals surface area contributed by atoms with Crippen molar-refractivity contribution in [3.8, 4) is 0 Å². The Morgan fingerprint density at radius 3 is 2.67 bits per heavy atom. The van der Waals surface area contributed by atoms with Gasteiger partial charge in [0.15, 0.2) is 0 Å². The first kappa shape index (κ1) is 21.0. The molecule has 0 bridgehead atoms. The molecule has 1 aromatic rings. The third-order valence-electron chi connectivity index (χ3n) is 3.89. The number of rotatable bonds is 6. The minimum absolute atomic E-state index is 0. The summed E-state index contributed by atoms with van der Waals surface area (Å²) in [7, 11) is 1.87. The molecule has 24 heavy (non-hydrogen) atoms. The van der Waals surface area contributed by atoms with Crippen LogP contribution in [-0.2, 0) is 4.79 Å². The van der Waals surface area contributed by atoms with Gasteiger partial charge in [0.1, 0.15) is 6.04 Å². The SMILES string of the molecule is CNCCCNC(=O)C1CCCN1C(=O)c1ccc(Cl)c(Cl)c1.Cl. The van der Waals surface area contributed by atoms with E-state index in [0.717, 1.165) is 19.4 Å². The summed E-state index contributed by atoms with van der Waals surface area (Å²) in [6.45, 7) is 2.02. The van der Waals surface area contributed by atoms with Crippen LogP contribution in [-0.4, -0.2) is 49.4 Å². The molecule has 0 aliphatic carbocycles. The van der Waals surface area contributed by atoms with Crippen LogP contribution in [0.25, 0.3) is 0 Å². The zero-order valence-corrected chi connectivity index (χ0v) is 15.8. The molecule has 1 unspecified atom stereocenters. The van der Waals surface area contributed by atoms with Crippen molar-refractivity contribution in [2.75, 3.05) is 26.7 Å². The number of likely N-dealkylation sites (tertiary alicyclic amines) is 1. The lowest BCUT2D eigenvalue weighted by molar-refractivity contribution is -0.124. The van der Waals surface area contributed by atoms with Crippen LogP contribution in [0.4, 0.5) is 0 Å². The van der Waals surface area contributed by atoms with Crippen LogP contribution in [0.5, 0.6) is 0 Å². The van der Waals surface area contributed by atoms with Crippen LogP contribution >= 0.6 is 35.6 Å². The minimum atomic E-state index is -0.411. The summed E-state index contributed by atoms with van der Waals surface area (Å²) in [6.07, 6.45) is 2.36. The fraction of sp³-hybridized carbons (Fsp3) is 0.500. The lowest BCUT2D eigenvalue weighted by Crippen LogP contribution is -2.46. The Hall–Kier alpha value is -1.01. The summed E-state index contributed by atoms with van der Waals surface area (Å²) in [5.41, 5.74) is 0.453. The highest BCUT2D eigenvalue weighted by atomic mass is 35.5. The van der Waals surface area contributed by atoms with E-state index in [0.29, 0.717) is 35.1 Å². The van der Waals surface area contributed by atoms with Crippen molar-refractivity contribution in [3.63, 3.8) is 0 Å². The van der Waals surface area contributed by atoms with Crippen molar-refractivity contribution in [2.45, 2.75) is 25.3 Å². The molecular formula is C16H22Cl3N3O2. The molecule has 2 amide bonds. The summed E-state index contributed by atoms with van der Waals surface area (Å²) in [4.78, 5) is 26.6. The van der Waals surface area contributed by atoms with Gasteiger partial charge < -0.3 is 15.5 Å². The molecular weight excluding hydrogens is 373 g/mol. The molecule has 1 saturated heterocycles. The van der Waals surface area contributed by atoms with E-state index in [1.165, 1.54) is 0 Å². The Labute approximate surface area is 158 Å². The van der Waals surface area contributed by atoms with E-state index >= 15 is 0 Å². The van der Waals surface area contributed by atoms with Crippen LogP contribution < -0.4 is 10.6 Å². The number of nitrogens with one attached hydrogen (secondary N) is 2. The molecule has 1 heterocycles. The minimum Gasteiger partial charge on any atom is -0.354 e. The average Bonchev–Trinajstić information content (AvgIpc) is 3.03. The van der Waals surface area contributed by atoms with E-state index in [2.05, 4.69) is 10.6 Å². The molecule has 1 fully saturated rings. The zero-order chi connectivity index (χ0) is 16.8. The lowest BCUT2D eigenvalue weighted by Gasteiger charge is -2.24. The highest BCUT2D eigenvalue weighted by molar-refractivity contribution is 6.42. The second-order valence-electron chi connectivity index (χ2n) is 5.53. The molecule has 5 nitrogen and oxygen atoms in total. The standard InChI is InChI=1S/C16H21Cl2N3O2.ClH/c1-19-7-3-8-20-15(22)14-4-2-9-21(14)16(23)11-5-6-12(17)13(18)10-11;/h5-6,10,14,19H,2-4,7-9H2,1H3,(H,20,22);1H. The number of amides is 2. The van der Waals surface area contributed by atoms with E-state index in [1.54, 1.807) is 23.1 Å². The third-order valence-corrected chi connectivity index (χ3v) is 4.62. The quantitative estimate of drug-likeness (QED) is 0.729. The Morgan fingerprint density at radius 2 is 2.00 bits per heavy atom. The van der Waals surface area contributed by atoms with Gasteiger partial charge in [-0.3, -0.25) is 9.59 Å². The monoisotopic (exact) mass is 393 g/mol. The van der Waals surface area contributed by atoms with Gasteiger partial charge in [-0.1, -0.05) is 23.2 Å². The first-order valence-electron chi connectivity index (χ1n) is 7.73. The maximum absolute atomic E-state index is 12.6. The number of hydrogen-bond acceptors (Lipinski definition) is 3. The van der Waals surface area contributed by atoms with Gasteiger partial charge in [0.25, 0.3) is 5.91 Å². The molecule has 0 saturated carbocycles. The molecule has 2 N–H and O–H groups in total. The van der Waals surface area contributed by atoms with E-state index < -0.39 is 6.04 Å². The number of nitrogens with zero attached hydrogens (tertiary/aromatic N) is 1. The predicted molar refractivity (Wildman–Crippen MR) is 99.3 cm³/mol. The molecule has 8 heteroatoms.